The number of halogens is 4. The average molecular weight is 470 g/mol. The third-order valence-corrected chi connectivity index (χ3v) is 4.72. The third kappa shape index (κ3) is 3.35. The summed E-state index contributed by atoms with van der Waals surface area (Å²) in [5.74, 6) is 0.749. The van der Waals surface area contributed by atoms with E-state index >= 15 is 0 Å². The molecule has 2 rings (SSSR count). The predicted octanol–water partition coefficient (Wildman–Crippen LogP) is 5.60. The molecule has 19 heavy (non-hydrogen) atoms. The summed E-state index contributed by atoms with van der Waals surface area (Å²) in [6.07, 6.45) is 1.70. The van der Waals surface area contributed by atoms with Crippen LogP contribution in [0.4, 0.5) is 0 Å². The van der Waals surface area contributed by atoms with Crippen LogP contribution in [0.25, 0.3) is 11.5 Å². The molecule has 0 spiro atoms. The Morgan fingerprint density at radius 3 is 2.42 bits per heavy atom. The highest BCUT2D eigenvalue weighted by atomic mass is 79.9. The van der Waals surface area contributed by atoms with Crippen LogP contribution in [0.3, 0.4) is 0 Å². The summed E-state index contributed by atoms with van der Waals surface area (Å²) < 4.78 is 2.44. The molecule has 2 aromatic heterocycles. The first kappa shape index (κ1) is 15.4. The molecule has 100 valence electrons. The normalized spacial score (nSPS) is 11.1. The SMILES string of the molecule is CC(C)c1nc(-c2ncc(Br)cc2Br)nc(Cl)c1Br. The molecule has 0 atom stereocenters. The Bertz CT molecular complexity index is 632. The van der Waals surface area contributed by atoms with Crippen LogP contribution in [0.5, 0.6) is 0 Å². The maximum absolute atomic E-state index is 6.15. The van der Waals surface area contributed by atoms with Crippen molar-refractivity contribution in [1.29, 1.82) is 0 Å². The van der Waals surface area contributed by atoms with Crippen LogP contribution >= 0.6 is 59.4 Å². The molecule has 7 heteroatoms. The Kier molecular flexibility index (Phi) is 4.98. The van der Waals surface area contributed by atoms with E-state index in [1.54, 1.807) is 6.20 Å². The van der Waals surface area contributed by atoms with E-state index in [9.17, 15) is 0 Å². The van der Waals surface area contributed by atoms with Crippen LogP contribution in [0.15, 0.2) is 25.7 Å². The standard InChI is InChI=1S/C12H9Br3ClN3/c1-5(2)9-8(15)11(16)19-12(18-9)10-7(14)3-6(13)4-17-10/h3-5H,1-2H3. The lowest BCUT2D eigenvalue weighted by Gasteiger charge is -2.11. The van der Waals surface area contributed by atoms with Gasteiger partial charge in [-0.25, -0.2) is 9.97 Å². The average Bonchev–Trinajstić information content (AvgIpc) is 2.32. The maximum atomic E-state index is 6.15. The van der Waals surface area contributed by atoms with Crippen molar-refractivity contribution in [2.45, 2.75) is 19.8 Å². The second kappa shape index (κ2) is 6.16. The summed E-state index contributed by atoms with van der Waals surface area (Å²) in [5, 5.41) is 0.394. The molecule has 2 aromatic rings. The van der Waals surface area contributed by atoms with Gasteiger partial charge >= 0.3 is 0 Å². The quantitative estimate of drug-likeness (QED) is 0.537. The van der Waals surface area contributed by atoms with E-state index in [2.05, 4.69) is 76.6 Å². The summed E-state index contributed by atoms with van der Waals surface area (Å²) in [5.41, 5.74) is 1.53. The van der Waals surface area contributed by atoms with Crippen LogP contribution in [-0.2, 0) is 0 Å². The minimum atomic E-state index is 0.239. The van der Waals surface area contributed by atoms with Gasteiger partial charge in [-0.05, 0) is 59.8 Å². The smallest absolute Gasteiger partial charge is 0.181 e. The number of nitrogens with zero attached hydrogens (tertiary/aromatic N) is 3. The van der Waals surface area contributed by atoms with Crippen molar-refractivity contribution in [2.24, 2.45) is 0 Å². The van der Waals surface area contributed by atoms with Gasteiger partial charge in [0.2, 0.25) is 0 Å². The molecule has 0 aliphatic carbocycles. The van der Waals surface area contributed by atoms with E-state index in [1.165, 1.54) is 0 Å². The molecule has 0 unspecified atom stereocenters. The minimum Gasteiger partial charge on any atom is -0.251 e. The van der Waals surface area contributed by atoms with Gasteiger partial charge < -0.3 is 0 Å². The Hall–Kier alpha value is -0.0400. The van der Waals surface area contributed by atoms with Crippen LogP contribution in [0, 0.1) is 0 Å². The zero-order valence-electron chi connectivity index (χ0n) is 10.1. The molecule has 2 heterocycles. The lowest BCUT2D eigenvalue weighted by atomic mass is 10.1. The summed E-state index contributed by atoms with van der Waals surface area (Å²) >= 11 is 16.4. The fourth-order valence-corrected chi connectivity index (χ4v) is 3.48. The lowest BCUT2D eigenvalue weighted by molar-refractivity contribution is 0.808. The zero-order valence-corrected chi connectivity index (χ0v) is 15.6. The second-order valence-corrected chi connectivity index (χ2v) is 7.10. The van der Waals surface area contributed by atoms with E-state index in [4.69, 9.17) is 11.6 Å². The van der Waals surface area contributed by atoms with E-state index in [-0.39, 0.29) is 5.92 Å². The van der Waals surface area contributed by atoms with Crippen LogP contribution < -0.4 is 0 Å². The van der Waals surface area contributed by atoms with Crippen LogP contribution in [-0.4, -0.2) is 15.0 Å². The molecule has 0 saturated heterocycles. The van der Waals surface area contributed by atoms with Crippen molar-refractivity contribution in [3.63, 3.8) is 0 Å². The van der Waals surface area contributed by atoms with Crippen molar-refractivity contribution < 1.29 is 0 Å². The van der Waals surface area contributed by atoms with E-state index in [0.717, 1.165) is 19.1 Å². The molecule has 0 aromatic carbocycles. The van der Waals surface area contributed by atoms with Gasteiger partial charge in [0.15, 0.2) is 5.82 Å². The van der Waals surface area contributed by atoms with Crippen molar-refractivity contribution in [3.05, 3.63) is 36.5 Å². The maximum Gasteiger partial charge on any atom is 0.181 e. The van der Waals surface area contributed by atoms with Gasteiger partial charge in [-0.2, -0.15) is 0 Å². The predicted molar refractivity (Wildman–Crippen MR) is 87.5 cm³/mol. The van der Waals surface area contributed by atoms with Crippen LogP contribution in [0.1, 0.15) is 25.5 Å². The van der Waals surface area contributed by atoms with E-state index < -0.39 is 0 Å². The number of pyridine rings is 1. The van der Waals surface area contributed by atoms with Gasteiger partial charge in [0, 0.05) is 15.1 Å². The highest BCUT2D eigenvalue weighted by Crippen LogP contribution is 2.33. The van der Waals surface area contributed by atoms with Gasteiger partial charge in [0.05, 0.1) is 10.2 Å². The molecule has 0 fully saturated rings. The molecule has 0 aliphatic rings. The fraction of sp³-hybridized carbons (Fsp3) is 0.250. The monoisotopic (exact) mass is 467 g/mol. The van der Waals surface area contributed by atoms with E-state index in [1.807, 2.05) is 6.07 Å². The van der Waals surface area contributed by atoms with Crippen molar-refractivity contribution in [1.82, 2.24) is 15.0 Å². The summed E-state index contributed by atoms with van der Waals surface area (Å²) in [4.78, 5) is 13.1. The Labute approximate surface area is 141 Å². The first-order valence-corrected chi connectivity index (χ1v) is 8.20. The number of hydrogen-bond acceptors (Lipinski definition) is 3. The first-order valence-electron chi connectivity index (χ1n) is 5.44. The fourth-order valence-electron chi connectivity index (χ4n) is 1.50. The van der Waals surface area contributed by atoms with E-state index in [0.29, 0.717) is 16.7 Å². The Morgan fingerprint density at radius 2 is 1.84 bits per heavy atom. The minimum absolute atomic E-state index is 0.239. The highest BCUT2D eigenvalue weighted by molar-refractivity contribution is 9.11. The number of hydrogen-bond donors (Lipinski definition) is 0. The Morgan fingerprint density at radius 1 is 1.16 bits per heavy atom. The van der Waals surface area contributed by atoms with Crippen molar-refractivity contribution >= 4 is 59.4 Å². The lowest BCUT2D eigenvalue weighted by Crippen LogP contribution is -2.01. The summed E-state index contributed by atoms with van der Waals surface area (Å²) in [6, 6.07) is 1.90. The van der Waals surface area contributed by atoms with Gasteiger partial charge in [0.25, 0.3) is 0 Å². The molecule has 0 amide bonds. The molecular weight excluding hydrogens is 461 g/mol. The van der Waals surface area contributed by atoms with Gasteiger partial charge in [-0.3, -0.25) is 4.98 Å². The summed E-state index contributed by atoms with van der Waals surface area (Å²) in [6.45, 7) is 4.11. The number of rotatable bonds is 2. The second-order valence-electron chi connectivity index (χ2n) is 4.18. The van der Waals surface area contributed by atoms with Crippen molar-refractivity contribution in [2.75, 3.05) is 0 Å². The molecular formula is C12H9Br3ClN3. The molecule has 0 saturated carbocycles. The largest absolute Gasteiger partial charge is 0.251 e. The summed E-state index contributed by atoms with van der Waals surface area (Å²) in [7, 11) is 0. The first-order chi connectivity index (χ1) is 8.90. The zero-order chi connectivity index (χ0) is 14.2. The molecule has 0 radical (unpaired) electrons. The topological polar surface area (TPSA) is 38.7 Å². The highest BCUT2D eigenvalue weighted by Gasteiger charge is 2.17. The van der Waals surface area contributed by atoms with Gasteiger partial charge in [-0.1, -0.05) is 25.4 Å². The van der Waals surface area contributed by atoms with Gasteiger partial charge in [0.1, 0.15) is 10.8 Å². The number of aromatic nitrogens is 3. The molecule has 0 N–H and O–H groups in total. The Balaban J connectivity index is 2.63. The van der Waals surface area contributed by atoms with Crippen LogP contribution in [0.2, 0.25) is 5.15 Å². The van der Waals surface area contributed by atoms with Gasteiger partial charge in [-0.15, -0.1) is 0 Å². The molecule has 3 nitrogen and oxygen atoms in total. The third-order valence-electron chi connectivity index (χ3n) is 2.40. The van der Waals surface area contributed by atoms with Crippen molar-refractivity contribution in [3.8, 4) is 11.5 Å². The molecule has 0 bridgehead atoms. The molecule has 0 aliphatic heterocycles.